The Hall–Kier alpha value is -1.51. The molecule has 0 aliphatic heterocycles. The van der Waals surface area contributed by atoms with Crippen LogP contribution in [-0.2, 0) is 4.79 Å². The number of carbonyl (C=O) groups excluding carboxylic acids is 1. The summed E-state index contributed by atoms with van der Waals surface area (Å²) in [6.45, 7) is 1.66. The Morgan fingerprint density at radius 3 is 2.44 bits per heavy atom. The minimum absolute atomic E-state index is 0.207. The van der Waals surface area contributed by atoms with Gasteiger partial charge >= 0.3 is 0 Å². The zero-order valence-corrected chi connectivity index (χ0v) is 9.82. The molecule has 3 nitrogen and oxygen atoms in total. The minimum atomic E-state index is 0.207. The van der Waals surface area contributed by atoms with Crippen molar-refractivity contribution in [3.05, 3.63) is 23.8 Å². The summed E-state index contributed by atoms with van der Waals surface area (Å²) in [5.74, 6) is 2.32. The van der Waals surface area contributed by atoms with Crippen LogP contribution in [0.4, 0.5) is 0 Å². The summed E-state index contributed by atoms with van der Waals surface area (Å²) in [6.07, 6.45) is 0.963. The molecule has 2 rings (SSSR count). The second-order valence-corrected chi connectivity index (χ2v) is 4.17. The summed E-state index contributed by atoms with van der Waals surface area (Å²) in [5.41, 5.74) is 1.16. The smallest absolute Gasteiger partial charge is 0.160 e. The van der Waals surface area contributed by atoms with Crippen molar-refractivity contribution < 1.29 is 14.3 Å². The summed E-state index contributed by atoms with van der Waals surface area (Å²) in [6, 6.07) is 5.87. The normalized spacial score (nSPS) is 22.7. The van der Waals surface area contributed by atoms with Crippen LogP contribution < -0.4 is 9.47 Å². The molecule has 1 aromatic carbocycles. The number of rotatable bonds is 4. The van der Waals surface area contributed by atoms with Gasteiger partial charge < -0.3 is 9.47 Å². The predicted molar refractivity (Wildman–Crippen MR) is 61.1 cm³/mol. The van der Waals surface area contributed by atoms with E-state index >= 15 is 0 Å². The van der Waals surface area contributed by atoms with Gasteiger partial charge in [0.15, 0.2) is 11.5 Å². The van der Waals surface area contributed by atoms with E-state index in [1.807, 2.05) is 18.2 Å². The molecule has 0 radical (unpaired) electrons. The Labute approximate surface area is 95.4 Å². The first kappa shape index (κ1) is 11.0. The molecule has 16 heavy (non-hydrogen) atoms. The van der Waals surface area contributed by atoms with Gasteiger partial charge in [0.05, 0.1) is 14.2 Å². The molecule has 1 aliphatic carbocycles. The number of carbonyl (C=O) groups is 1. The van der Waals surface area contributed by atoms with Crippen LogP contribution in [0.2, 0.25) is 0 Å². The van der Waals surface area contributed by atoms with Gasteiger partial charge in [0.25, 0.3) is 0 Å². The number of methoxy groups -OCH3 is 2. The van der Waals surface area contributed by atoms with Crippen molar-refractivity contribution >= 4 is 5.78 Å². The molecular formula is C13H16O3. The third-order valence-electron chi connectivity index (χ3n) is 3.15. The molecule has 1 saturated carbocycles. The number of ketones is 1. The quantitative estimate of drug-likeness (QED) is 0.781. The molecule has 0 saturated heterocycles. The lowest BCUT2D eigenvalue weighted by Crippen LogP contribution is -1.96. The average Bonchev–Trinajstić information content (AvgIpc) is 3.08. The fourth-order valence-electron chi connectivity index (χ4n) is 2.10. The molecular weight excluding hydrogens is 204 g/mol. The second kappa shape index (κ2) is 4.16. The first-order valence-corrected chi connectivity index (χ1v) is 5.39. The van der Waals surface area contributed by atoms with Gasteiger partial charge in [0.1, 0.15) is 5.78 Å². The van der Waals surface area contributed by atoms with Gasteiger partial charge in [-0.3, -0.25) is 4.79 Å². The van der Waals surface area contributed by atoms with Crippen LogP contribution >= 0.6 is 0 Å². The van der Waals surface area contributed by atoms with Gasteiger partial charge in [-0.15, -0.1) is 0 Å². The van der Waals surface area contributed by atoms with Crippen molar-refractivity contribution in [2.75, 3.05) is 14.2 Å². The van der Waals surface area contributed by atoms with E-state index in [2.05, 4.69) is 0 Å². The van der Waals surface area contributed by atoms with Crippen LogP contribution in [0.5, 0.6) is 11.5 Å². The molecule has 0 N–H and O–H groups in total. The molecule has 0 unspecified atom stereocenters. The lowest BCUT2D eigenvalue weighted by Gasteiger charge is -2.09. The number of hydrogen-bond donors (Lipinski definition) is 0. The standard InChI is InChI=1S/C13H16O3/c1-8(14)10-7-11(10)9-4-5-12(15-2)13(6-9)16-3/h4-6,10-11H,7H2,1-3H3/t10-,11+/m1/s1. The predicted octanol–water partition coefficient (Wildman–Crippen LogP) is 2.40. The molecule has 0 spiro atoms. The molecule has 0 heterocycles. The van der Waals surface area contributed by atoms with Crippen LogP contribution in [-0.4, -0.2) is 20.0 Å². The van der Waals surface area contributed by atoms with Crippen LogP contribution in [0.15, 0.2) is 18.2 Å². The molecule has 0 amide bonds. The van der Waals surface area contributed by atoms with Gasteiger partial charge in [-0.25, -0.2) is 0 Å². The van der Waals surface area contributed by atoms with E-state index in [0.29, 0.717) is 5.92 Å². The molecule has 86 valence electrons. The van der Waals surface area contributed by atoms with Crippen molar-refractivity contribution in [3.8, 4) is 11.5 Å². The maximum absolute atomic E-state index is 11.2. The van der Waals surface area contributed by atoms with Crippen molar-refractivity contribution in [2.45, 2.75) is 19.3 Å². The molecule has 0 bridgehead atoms. The first-order chi connectivity index (χ1) is 7.67. The first-order valence-electron chi connectivity index (χ1n) is 5.39. The third kappa shape index (κ3) is 1.90. The van der Waals surface area contributed by atoms with Crippen LogP contribution in [0.1, 0.15) is 24.8 Å². The molecule has 1 fully saturated rings. The largest absolute Gasteiger partial charge is 0.493 e. The Bertz CT molecular complexity index is 412. The van der Waals surface area contributed by atoms with E-state index < -0.39 is 0 Å². The Morgan fingerprint density at radius 2 is 1.94 bits per heavy atom. The maximum atomic E-state index is 11.2. The fraction of sp³-hybridized carbons (Fsp3) is 0.462. The Morgan fingerprint density at radius 1 is 1.25 bits per heavy atom. The summed E-state index contributed by atoms with van der Waals surface area (Å²) in [5, 5.41) is 0. The average molecular weight is 220 g/mol. The van der Waals surface area contributed by atoms with Crippen LogP contribution in [0, 0.1) is 5.92 Å². The fourth-order valence-corrected chi connectivity index (χ4v) is 2.10. The lowest BCUT2D eigenvalue weighted by atomic mass is 10.1. The highest BCUT2D eigenvalue weighted by Crippen LogP contribution is 2.49. The molecule has 1 aromatic rings. The second-order valence-electron chi connectivity index (χ2n) is 4.17. The number of ether oxygens (including phenoxy) is 2. The molecule has 3 heteroatoms. The third-order valence-corrected chi connectivity index (χ3v) is 3.15. The summed E-state index contributed by atoms with van der Waals surface area (Å²) in [7, 11) is 3.24. The zero-order chi connectivity index (χ0) is 11.7. The highest BCUT2D eigenvalue weighted by Gasteiger charge is 2.41. The van der Waals surface area contributed by atoms with Crippen LogP contribution in [0.25, 0.3) is 0 Å². The summed E-state index contributed by atoms with van der Waals surface area (Å²) < 4.78 is 10.4. The zero-order valence-electron chi connectivity index (χ0n) is 9.82. The highest BCUT2D eigenvalue weighted by molar-refractivity contribution is 5.82. The number of Topliss-reactive ketones (excluding diaryl/α,β-unsaturated/α-hetero) is 1. The Kier molecular flexibility index (Phi) is 2.86. The van der Waals surface area contributed by atoms with E-state index in [0.717, 1.165) is 23.5 Å². The van der Waals surface area contributed by atoms with E-state index in [1.165, 1.54) is 0 Å². The van der Waals surface area contributed by atoms with E-state index in [1.54, 1.807) is 21.1 Å². The number of benzene rings is 1. The van der Waals surface area contributed by atoms with Gasteiger partial charge in [0.2, 0.25) is 0 Å². The van der Waals surface area contributed by atoms with Gasteiger partial charge in [-0.2, -0.15) is 0 Å². The maximum Gasteiger partial charge on any atom is 0.160 e. The molecule has 2 atom stereocenters. The van der Waals surface area contributed by atoms with Gasteiger partial charge in [-0.05, 0) is 37.0 Å². The van der Waals surface area contributed by atoms with Crippen molar-refractivity contribution in [1.29, 1.82) is 0 Å². The molecule has 1 aliphatic rings. The summed E-state index contributed by atoms with van der Waals surface area (Å²) >= 11 is 0. The van der Waals surface area contributed by atoms with Gasteiger partial charge in [0, 0.05) is 5.92 Å². The number of hydrogen-bond acceptors (Lipinski definition) is 3. The highest BCUT2D eigenvalue weighted by atomic mass is 16.5. The summed E-state index contributed by atoms with van der Waals surface area (Å²) in [4.78, 5) is 11.2. The van der Waals surface area contributed by atoms with E-state index in [9.17, 15) is 4.79 Å². The monoisotopic (exact) mass is 220 g/mol. The SMILES string of the molecule is COc1ccc([C@@H]2C[C@@H]2C(C)=O)cc1OC. The Balaban J connectivity index is 2.21. The van der Waals surface area contributed by atoms with E-state index in [-0.39, 0.29) is 11.7 Å². The van der Waals surface area contributed by atoms with Crippen molar-refractivity contribution in [3.63, 3.8) is 0 Å². The van der Waals surface area contributed by atoms with Crippen LogP contribution in [0.3, 0.4) is 0 Å². The topological polar surface area (TPSA) is 35.5 Å². The van der Waals surface area contributed by atoms with Crippen molar-refractivity contribution in [2.24, 2.45) is 5.92 Å². The van der Waals surface area contributed by atoms with E-state index in [4.69, 9.17) is 9.47 Å². The van der Waals surface area contributed by atoms with Gasteiger partial charge in [-0.1, -0.05) is 6.07 Å². The lowest BCUT2D eigenvalue weighted by molar-refractivity contribution is -0.118. The van der Waals surface area contributed by atoms with Crippen molar-refractivity contribution in [1.82, 2.24) is 0 Å². The minimum Gasteiger partial charge on any atom is -0.493 e. The molecule has 0 aromatic heterocycles.